The molecule has 0 heterocycles. The minimum atomic E-state index is -3.51. The summed E-state index contributed by atoms with van der Waals surface area (Å²) in [6, 6.07) is 0. The van der Waals surface area contributed by atoms with Crippen molar-refractivity contribution in [2.24, 2.45) is 0 Å². The van der Waals surface area contributed by atoms with Crippen LogP contribution in [0.1, 0.15) is 34.6 Å². The van der Waals surface area contributed by atoms with E-state index in [1.54, 1.807) is 34.6 Å². The number of carbonyl (C=O) groups excluding carboxylic acids is 2. The van der Waals surface area contributed by atoms with Crippen LogP contribution in [-0.4, -0.2) is 43.5 Å². The molecule has 0 bridgehead atoms. The van der Waals surface area contributed by atoms with Crippen molar-refractivity contribution in [2.75, 3.05) is 26.0 Å². The van der Waals surface area contributed by atoms with Crippen molar-refractivity contribution >= 4 is 19.5 Å². The first-order valence-electron chi connectivity index (χ1n) is 6.98. The monoisotopic (exact) mass is 336 g/mol. The highest BCUT2D eigenvalue weighted by molar-refractivity contribution is 7.54. The molecule has 0 rings (SSSR count). The second-order valence-corrected chi connectivity index (χ2v) is 7.43. The smallest absolute Gasteiger partial charge is 0.341 e. The molecule has 0 aromatic heterocycles. The third kappa shape index (κ3) is 8.97. The van der Waals surface area contributed by atoms with Gasteiger partial charge in [-0.3, -0.25) is 9.36 Å². The Morgan fingerprint density at radius 2 is 1.59 bits per heavy atom. The average Bonchev–Trinajstić information content (AvgIpc) is 2.34. The molecule has 0 saturated carbocycles. The van der Waals surface area contributed by atoms with Crippen molar-refractivity contribution in [2.45, 2.75) is 40.2 Å². The van der Waals surface area contributed by atoms with Gasteiger partial charge in [0.1, 0.15) is 18.4 Å². The Labute approximate surface area is 131 Å². The van der Waals surface area contributed by atoms with Gasteiger partial charge in [-0.05, 0) is 34.6 Å². The van der Waals surface area contributed by atoms with Gasteiger partial charge in [0.25, 0.3) is 0 Å². The van der Waals surface area contributed by atoms with E-state index >= 15 is 0 Å². The van der Waals surface area contributed by atoms with Gasteiger partial charge >= 0.3 is 19.5 Å². The Kier molecular flexibility index (Phi) is 8.60. The summed E-state index contributed by atoms with van der Waals surface area (Å²) < 4.78 is 32.0. The van der Waals surface area contributed by atoms with Gasteiger partial charge in [-0.15, -0.1) is 0 Å². The molecule has 0 aromatic rings. The molecule has 0 saturated heterocycles. The lowest BCUT2D eigenvalue weighted by Crippen LogP contribution is -2.26. The van der Waals surface area contributed by atoms with E-state index < -0.39 is 31.3 Å². The summed E-state index contributed by atoms with van der Waals surface area (Å²) in [6.45, 7) is 11.9. The highest BCUT2D eigenvalue weighted by Crippen LogP contribution is 2.47. The molecule has 0 fully saturated rings. The molecule has 0 N–H and O–H groups in total. The standard InChI is InChI=1S/C14H25O7P/c1-7-19-22(17,20-8-2)10-12(15)18-9-11(3)13(16)21-14(4,5)6/h3,7-10H2,1-2,4-6H3. The number of carbonyl (C=O) groups is 2. The van der Waals surface area contributed by atoms with Crippen molar-refractivity contribution in [3.05, 3.63) is 12.2 Å². The molecule has 0 aliphatic rings. The third-order valence-electron chi connectivity index (χ3n) is 2.07. The number of hydrogen-bond acceptors (Lipinski definition) is 7. The lowest BCUT2D eigenvalue weighted by molar-refractivity contribution is -0.151. The molecule has 0 radical (unpaired) electrons. The van der Waals surface area contributed by atoms with Gasteiger partial charge in [-0.2, -0.15) is 0 Å². The lowest BCUT2D eigenvalue weighted by Gasteiger charge is -2.20. The van der Waals surface area contributed by atoms with Crippen LogP contribution in [0, 0.1) is 0 Å². The Hall–Kier alpha value is -1.17. The van der Waals surface area contributed by atoms with Gasteiger partial charge in [0.15, 0.2) is 0 Å². The predicted molar refractivity (Wildman–Crippen MR) is 81.7 cm³/mol. The molecule has 0 atom stereocenters. The minimum Gasteiger partial charge on any atom is -0.460 e. The summed E-state index contributed by atoms with van der Waals surface area (Å²) in [5.74, 6) is -1.45. The maximum absolute atomic E-state index is 12.1. The molecule has 8 heteroatoms. The Balaban J connectivity index is 4.41. The first kappa shape index (κ1) is 20.8. The van der Waals surface area contributed by atoms with E-state index in [4.69, 9.17) is 18.5 Å². The fourth-order valence-electron chi connectivity index (χ4n) is 1.30. The summed E-state index contributed by atoms with van der Waals surface area (Å²) in [5, 5.41) is 0. The van der Waals surface area contributed by atoms with Crippen LogP contribution in [0.3, 0.4) is 0 Å². The van der Waals surface area contributed by atoms with E-state index in [2.05, 4.69) is 6.58 Å². The van der Waals surface area contributed by atoms with Crippen molar-refractivity contribution in [3.8, 4) is 0 Å². The highest BCUT2D eigenvalue weighted by atomic mass is 31.2. The number of esters is 2. The van der Waals surface area contributed by atoms with Gasteiger partial charge in [0, 0.05) is 0 Å². The molecule has 0 amide bonds. The van der Waals surface area contributed by atoms with Gasteiger partial charge in [0.2, 0.25) is 0 Å². The van der Waals surface area contributed by atoms with E-state index in [1.165, 1.54) is 0 Å². The van der Waals surface area contributed by atoms with Crippen molar-refractivity contribution < 1.29 is 32.7 Å². The number of ether oxygens (including phenoxy) is 2. The Morgan fingerprint density at radius 3 is 2.00 bits per heavy atom. The van der Waals surface area contributed by atoms with E-state index in [9.17, 15) is 14.2 Å². The summed E-state index contributed by atoms with van der Waals surface area (Å²) in [7, 11) is -3.51. The summed E-state index contributed by atoms with van der Waals surface area (Å²) in [4.78, 5) is 23.3. The molecule has 128 valence electrons. The molecule has 0 aliphatic heterocycles. The fourth-order valence-corrected chi connectivity index (χ4v) is 2.75. The Morgan fingerprint density at radius 1 is 1.09 bits per heavy atom. The van der Waals surface area contributed by atoms with Gasteiger partial charge in [-0.25, -0.2) is 4.79 Å². The lowest BCUT2D eigenvalue weighted by atomic mass is 10.2. The minimum absolute atomic E-state index is 0.00840. The van der Waals surface area contributed by atoms with Crippen LogP contribution in [0.2, 0.25) is 0 Å². The SMILES string of the molecule is C=C(COC(=O)CP(=O)(OCC)OCC)C(=O)OC(C)(C)C. The molecular weight excluding hydrogens is 311 g/mol. The molecule has 22 heavy (non-hydrogen) atoms. The first-order valence-corrected chi connectivity index (χ1v) is 8.70. The zero-order chi connectivity index (χ0) is 17.4. The molecule has 0 unspecified atom stereocenters. The van der Waals surface area contributed by atoms with Crippen molar-refractivity contribution in [1.82, 2.24) is 0 Å². The zero-order valence-corrected chi connectivity index (χ0v) is 14.7. The van der Waals surface area contributed by atoms with Crippen LogP contribution in [0.4, 0.5) is 0 Å². The van der Waals surface area contributed by atoms with Crippen molar-refractivity contribution in [3.63, 3.8) is 0 Å². The maximum atomic E-state index is 12.1. The number of rotatable bonds is 9. The quantitative estimate of drug-likeness (QED) is 0.363. The van der Waals surface area contributed by atoms with Crippen LogP contribution in [-0.2, 0) is 32.7 Å². The third-order valence-corrected chi connectivity index (χ3v) is 4.02. The summed E-state index contributed by atoms with van der Waals surface area (Å²) in [5.41, 5.74) is -0.671. The maximum Gasteiger partial charge on any atom is 0.341 e. The van der Waals surface area contributed by atoms with E-state index in [1.807, 2.05) is 0 Å². The van der Waals surface area contributed by atoms with Crippen molar-refractivity contribution in [1.29, 1.82) is 0 Å². The highest BCUT2D eigenvalue weighted by Gasteiger charge is 2.29. The van der Waals surface area contributed by atoms with E-state index in [0.29, 0.717) is 0 Å². The van der Waals surface area contributed by atoms with Crippen LogP contribution in [0.25, 0.3) is 0 Å². The van der Waals surface area contributed by atoms with Gasteiger partial charge in [-0.1, -0.05) is 6.58 Å². The van der Waals surface area contributed by atoms with Crippen LogP contribution < -0.4 is 0 Å². The molecule has 0 aliphatic carbocycles. The topological polar surface area (TPSA) is 88.1 Å². The fraction of sp³-hybridized carbons (Fsp3) is 0.714. The first-order chi connectivity index (χ1) is 10.0. The largest absolute Gasteiger partial charge is 0.460 e. The Bertz CT molecular complexity index is 441. The number of hydrogen-bond donors (Lipinski definition) is 0. The summed E-state index contributed by atoms with van der Waals surface area (Å²) in [6.07, 6.45) is -0.518. The van der Waals surface area contributed by atoms with Gasteiger partial charge < -0.3 is 18.5 Å². The zero-order valence-electron chi connectivity index (χ0n) is 13.8. The van der Waals surface area contributed by atoms with E-state index in [0.717, 1.165) is 0 Å². The molecule has 0 spiro atoms. The van der Waals surface area contributed by atoms with E-state index in [-0.39, 0.29) is 25.4 Å². The van der Waals surface area contributed by atoms with Crippen LogP contribution >= 0.6 is 7.60 Å². The predicted octanol–water partition coefficient (Wildman–Crippen LogP) is 2.69. The molecule has 0 aromatic carbocycles. The molecule has 7 nitrogen and oxygen atoms in total. The second-order valence-electron chi connectivity index (χ2n) is 5.37. The van der Waals surface area contributed by atoms with Crippen LogP contribution in [0.15, 0.2) is 12.2 Å². The van der Waals surface area contributed by atoms with Crippen LogP contribution in [0.5, 0.6) is 0 Å². The normalized spacial score (nSPS) is 11.9. The molecular formula is C14H25O7P. The summed E-state index contributed by atoms with van der Waals surface area (Å²) >= 11 is 0. The van der Waals surface area contributed by atoms with Gasteiger partial charge in [0.05, 0.1) is 18.8 Å². The second kappa shape index (κ2) is 9.08. The average molecular weight is 336 g/mol.